The van der Waals surface area contributed by atoms with E-state index in [1.165, 1.54) is 105 Å². The van der Waals surface area contributed by atoms with Crippen LogP contribution >= 0.6 is 46.7 Å². The van der Waals surface area contributed by atoms with Gasteiger partial charge in [-0.25, -0.2) is 4.58 Å². The first-order valence-electron chi connectivity index (χ1n) is 14.7. The Labute approximate surface area is 238 Å². The third-order valence-electron chi connectivity index (χ3n) is 8.72. The SMILES string of the molecule is CCCCN1/C(=C/C2=CC(=C/C3=[N+](CCCC)C4CC(Cl)CCC4S3)/CCC2)SC2CCC(Cl)CC21. The molecule has 36 heavy (non-hydrogen) atoms. The van der Waals surface area contributed by atoms with Crippen molar-refractivity contribution in [2.75, 3.05) is 13.1 Å². The Morgan fingerprint density at radius 2 is 1.72 bits per heavy atom. The first-order valence-corrected chi connectivity index (χ1v) is 17.3. The molecule has 2 aliphatic heterocycles. The summed E-state index contributed by atoms with van der Waals surface area (Å²) in [4.78, 5) is 2.73. The molecule has 0 N–H and O–H groups in total. The van der Waals surface area contributed by atoms with Gasteiger partial charge in [0.05, 0.1) is 10.3 Å². The zero-order chi connectivity index (χ0) is 25.1. The summed E-state index contributed by atoms with van der Waals surface area (Å²) in [6.07, 6.45) is 23.5. The number of unbranched alkanes of at least 4 members (excludes halogenated alkanes) is 2. The van der Waals surface area contributed by atoms with E-state index < -0.39 is 0 Å². The topological polar surface area (TPSA) is 6.25 Å². The monoisotopic (exact) mass is 567 g/mol. The summed E-state index contributed by atoms with van der Waals surface area (Å²) in [7, 11) is 0. The number of nitrogens with zero attached hydrogens (tertiary/aromatic N) is 2. The van der Waals surface area contributed by atoms with Crippen LogP contribution in [0.25, 0.3) is 0 Å². The highest BCUT2D eigenvalue weighted by Gasteiger charge is 2.45. The van der Waals surface area contributed by atoms with Gasteiger partial charge in [0.15, 0.2) is 6.04 Å². The molecular formula is C30H45Cl2N2S2+. The molecule has 200 valence electrons. The van der Waals surface area contributed by atoms with Crippen LogP contribution in [0.5, 0.6) is 0 Å². The molecule has 0 bridgehead atoms. The summed E-state index contributed by atoms with van der Waals surface area (Å²) in [5, 5.41) is 5.20. The summed E-state index contributed by atoms with van der Waals surface area (Å²) in [5.74, 6) is 0. The third-order valence-corrected chi connectivity index (χ3v) is 12.4. The highest BCUT2D eigenvalue weighted by molar-refractivity contribution is 8.14. The Balaban J connectivity index is 1.38. The molecule has 3 aliphatic carbocycles. The lowest BCUT2D eigenvalue weighted by atomic mass is 9.92. The molecule has 0 aromatic rings. The van der Waals surface area contributed by atoms with Crippen molar-refractivity contribution in [2.24, 2.45) is 0 Å². The summed E-state index contributed by atoms with van der Waals surface area (Å²) < 4.78 is 2.73. The van der Waals surface area contributed by atoms with Gasteiger partial charge < -0.3 is 4.90 Å². The molecular weight excluding hydrogens is 523 g/mol. The van der Waals surface area contributed by atoms with Crippen LogP contribution in [0.15, 0.2) is 34.4 Å². The predicted octanol–water partition coefficient (Wildman–Crippen LogP) is 8.73. The fraction of sp³-hybridized carbons (Fsp3) is 0.767. The van der Waals surface area contributed by atoms with Crippen LogP contribution < -0.4 is 0 Å². The van der Waals surface area contributed by atoms with Crippen LogP contribution in [0.1, 0.15) is 97.3 Å². The average molecular weight is 569 g/mol. The maximum atomic E-state index is 6.63. The fourth-order valence-corrected chi connectivity index (χ4v) is 10.4. The lowest BCUT2D eigenvalue weighted by molar-refractivity contribution is -0.562. The molecule has 0 aromatic heterocycles. The van der Waals surface area contributed by atoms with E-state index in [1.54, 1.807) is 0 Å². The van der Waals surface area contributed by atoms with Crippen molar-refractivity contribution in [1.82, 2.24) is 4.90 Å². The number of thioether (sulfide) groups is 2. The van der Waals surface area contributed by atoms with Crippen LogP contribution in [0.4, 0.5) is 0 Å². The van der Waals surface area contributed by atoms with Crippen LogP contribution in [-0.2, 0) is 0 Å². The number of rotatable bonds is 8. The minimum Gasteiger partial charge on any atom is -0.362 e. The zero-order valence-electron chi connectivity index (χ0n) is 22.3. The van der Waals surface area contributed by atoms with Crippen molar-refractivity contribution in [3.63, 3.8) is 0 Å². The largest absolute Gasteiger partial charge is 0.362 e. The molecule has 0 radical (unpaired) electrons. The lowest BCUT2D eigenvalue weighted by Crippen LogP contribution is -2.40. The lowest BCUT2D eigenvalue weighted by Gasteiger charge is -2.34. The second-order valence-corrected chi connectivity index (χ2v) is 15.2. The summed E-state index contributed by atoms with van der Waals surface area (Å²) in [6, 6.07) is 1.27. The molecule has 5 aliphatic rings. The van der Waals surface area contributed by atoms with Crippen molar-refractivity contribution in [2.45, 2.75) is 131 Å². The predicted molar refractivity (Wildman–Crippen MR) is 162 cm³/mol. The third kappa shape index (κ3) is 6.40. The molecule has 2 heterocycles. The van der Waals surface area contributed by atoms with Gasteiger partial charge >= 0.3 is 0 Å². The maximum Gasteiger partial charge on any atom is 0.235 e. The van der Waals surface area contributed by atoms with Gasteiger partial charge in [-0.2, -0.15) is 0 Å². The van der Waals surface area contributed by atoms with Crippen LogP contribution in [0.3, 0.4) is 0 Å². The van der Waals surface area contributed by atoms with Crippen LogP contribution in [0.2, 0.25) is 0 Å². The van der Waals surface area contributed by atoms with Gasteiger partial charge in [-0.15, -0.1) is 35.0 Å². The maximum absolute atomic E-state index is 6.63. The van der Waals surface area contributed by atoms with Gasteiger partial charge in [0.2, 0.25) is 5.04 Å². The second-order valence-electron chi connectivity index (χ2n) is 11.5. The standard InChI is InChI=1S/C30H45Cl2N2S2/c1-3-5-14-33-25-19-23(31)10-12-27(25)35-29(33)17-21-8-7-9-22(16-21)18-30-34(15-6-4-2)26-20-24(32)11-13-28(26)36-30/h16-18,23-28H,3-15,19-20H2,1-2H3/q+1. The van der Waals surface area contributed by atoms with E-state index in [1.807, 2.05) is 0 Å². The second kappa shape index (κ2) is 12.9. The van der Waals surface area contributed by atoms with Gasteiger partial charge in [-0.3, -0.25) is 0 Å². The molecule has 5 rings (SSSR count). The normalized spacial score (nSPS) is 37.0. The van der Waals surface area contributed by atoms with Crippen molar-refractivity contribution < 1.29 is 4.58 Å². The first kappa shape index (κ1) is 27.5. The van der Waals surface area contributed by atoms with Gasteiger partial charge in [-0.1, -0.05) is 32.8 Å². The van der Waals surface area contributed by atoms with Crippen LogP contribution in [-0.4, -0.2) is 60.9 Å². The van der Waals surface area contributed by atoms with E-state index in [-0.39, 0.29) is 0 Å². The van der Waals surface area contributed by atoms with E-state index in [4.69, 9.17) is 23.2 Å². The van der Waals surface area contributed by atoms with Crippen molar-refractivity contribution in [3.05, 3.63) is 34.4 Å². The van der Waals surface area contributed by atoms with Crippen molar-refractivity contribution >= 4 is 51.8 Å². The molecule has 6 heteroatoms. The Kier molecular flexibility index (Phi) is 9.85. The van der Waals surface area contributed by atoms with Gasteiger partial charge in [0.1, 0.15) is 6.54 Å². The molecule has 0 amide bonds. The summed E-state index contributed by atoms with van der Waals surface area (Å²) in [6.45, 7) is 6.98. The molecule has 6 unspecified atom stereocenters. The minimum atomic E-state index is 0.355. The van der Waals surface area contributed by atoms with Gasteiger partial charge in [0, 0.05) is 47.5 Å². The van der Waals surface area contributed by atoms with Crippen LogP contribution in [0, 0.1) is 0 Å². The molecule has 1 saturated heterocycles. The number of halogens is 2. The molecule has 0 spiro atoms. The fourth-order valence-electron chi connectivity index (χ4n) is 6.71. The minimum absolute atomic E-state index is 0.355. The van der Waals surface area contributed by atoms with Gasteiger partial charge in [0.25, 0.3) is 0 Å². The van der Waals surface area contributed by atoms with E-state index in [0.29, 0.717) is 22.8 Å². The van der Waals surface area contributed by atoms with E-state index in [2.05, 4.69) is 65.1 Å². The number of hydrogen-bond donors (Lipinski definition) is 0. The number of fused-ring (bicyclic) bond motifs is 2. The molecule has 3 fully saturated rings. The first-order chi connectivity index (χ1) is 17.6. The van der Waals surface area contributed by atoms with Crippen molar-refractivity contribution in [3.8, 4) is 0 Å². The average Bonchev–Trinajstić information content (AvgIpc) is 3.37. The molecule has 6 atom stereocenters. The number of hydrogen-bond acceptors (Lipinski definition) is 3. The Bertz CT molecular complexity index is 911. The summed E-state index contributed by atoms with van der Waals surface area (Å²) >= 11 is 17.5. The van der Waals surface area contributed by atoms with E-state index in [0.717, 1.165) is 23.3 Å². The van der Waals surface area contributed by atoms with Crippen molar-refractivity contribution in [1.29, 1.82) is 0 Å². The zero-order valence-corrected chi connectivity index (χ0v) is 25.4. The number of alkyl halides is 2. The Hall–Kier alpha value is -0.0300. The van der Waals surface area contributed by atoms with Gasteiger partial charge in [-0.05, 0) is 86.8 Å². The summed E-state index contributed by atoms with van der Waals surface area (Å²) in [5.41, 5.74) is 3.05. The van der Waals surface area contributed by atoms with E-state index in [9.17, 15) is 0 Å². The molecule has 2 nitrogen and oxygen atoms in total. The quantitative estimate of drug-likeness (QED) is 0.214. The molecule has 2 saturated carbocycles. The van der Waals surface area contributed by atoms with E-state index >= 15 is 0 Å². The highest BCUT2D eigenvalue weighted by atomic mass is 35.5. The highest BCUT2D eigenvalue weighted by Crippen LogP contribution is 2.47. The smallest absolute Gasteiger partial charge is 0.235 e. The Morgan fingerprint density at radius 3 is 2.53 bits per heavy atom. The number of allylic oxidation sites excluding steroid dienone is 4. The Morgan fingerprint density at radius 1 is 0.944 bits per heavy atom. The molecule has 0 aromatic carbocycles.